The Labute approximate surface area is 128 Å². The number of nitrogens with zero attached hydrogens (tertiary/aromatic N) is 3. The second-order valence-corrected chi connectivity index (χ2v) is 6.19. The highest BCUT2D eigenvalue weighted by atomic mass is 16.3. The molecular formula is C16H30N4O. The van der Waals surface area contributed by atoms with Crippen molar-refractivity contribution < 1.29 is 5.11 Å². The van der Waals surface area contributed by atoms with Gasteiger partial charge in [-0.25, -0.2) is 9.67 Å². The van der Waals surface area contributed by atoms with Crippen LogP contribution in [0.5, 0.6) is 0 Å². The molecule has 0 bridgehead atoms. The Bertz CT molecular complexity index is 435. The minimum Gasteiger partial charge on any atom is -0.394 e. The lowest BCUT2D eigenvalue weighted by Gasteiger charge is -2.32. The molecule has 1 fully saturated rings. The van der Waals surface area contributed by atoms with Crippen molar-refractivity contribution in [2.24, 2.45) is 0 Å². The fraction of sp³-hybridized carbons (Fsp3) is 0.875. The number of nitrogens with one attached hydrogen (secondary N) is 1. The highest BCUT2D eigenvalue weighted by molar-refractivity contribution is 4.95. The van der Waals surface area contributed by atoms with Crippen LogP contribution >= 0.6 is 0 Å². The van der Waals surface area contributed by atoms with Gasteiger partial charge in [0.25, 0.3) is 0 Å². The van der Waals surface area contributed by atoms with Crippen molar-refractivity contribution in [2.75, 3.05) is 6.61 Å². The van der Waals surface area contributed by atoms with E-state index in [1.807, 2.05) is 4.68 Å². The maximum Gasteiger partial charge on any atom is 0.150 e. The van der Waals surface area contributed by atoms with Crippen molar-refractivity contribution in [3.8, 4) is 0 Å². The van der Waals surface area contributed by atoms with E-state index in [1.165, 1.54) is 12.8 Å². The van der Waals surface area contributed by atoms with Crippen LogP contribution in [0.4, 0.5) is 0 Å². The van der Waals surface area contributed by atoms with E-state index in [-0.39, 0.29) is 12.1 Å². The fourth-order valence-corrected chi connectivity index (χ4v) is 2.83. The molecule has 2 N–H and O–H groups in total. The van der Waals surface area contributed by atoms with Gasteiger partial charge in [0, 0.05) is 31.0 Å². The van der Waals surface area contributed by atoms with Crippen molar-refractivity contribution in [1.82, 2.24) is 20.1 Å². The molecule has 1 aliphatic rings. The maximum absolute atomic E-state index is 9.80. The Balaban J connectivity index is 1.90. The van der Waals surface area contributed by atoms with E-state index in [9.17, 15) is 5.11 Å². The van der Waals surface area contributed by atoms with E-state index >= 15 is 0 Å². The minimum atomic E-state index is -0.109. The Morgan fingerprint density at radius 3 is 2.57 bits per heavy atom. The van der Waals surface area contributed by atoms with Gasteiger partial charge in [-0.3, -0.25) is 0 Å². The van der Waals surface area contributed by atoms with Crippen LogP contribution in [-0.4, -0.2) is 38.1 Å². The lowest BCUT2D eigenvalue weighted by Crippen LogP contribution is -2.49. The number of hydrogen-bond acceptors (Lipinski definition) is 4. The van der Waals surface area contributed by atoms with Gasteiger partial charge in [-0.15, -0.1) is 0 Å². The topological polar surface area (TPSA) is 63.0 Å². The molecular weight excluding hydrogens is 264 g/mol. The van der Waals surface area contributed by atoms with Crippen molar-refractivity contribution in [1.29, 1.82) is 0 Å². The quantitative estimate of drug-likeness (QED) is 0.693. The van der Waals surface area contributed by atoms with Gasteiger partial charge in [-0.1, -0.05) is 20.8 Å². The largest absolute Gasteiger partial charge is 0.394 e. The van der Waals surface area contributed by atoms with Crippen LogP contribution in [0.1, 0.15) is 64.5 Å². The average molecular weight is 294 g/mol. The van der Waals surface area contributed by atoms with Gasteiger partial charge >= 0.3 is 0 Å². The first-order valence-corrected chi connectivity index (χ1v) is 8.47. The number of aromatic nitrogens is 3. The predicted molar refractivity (Wildman–Crippen MR) is 84.3 cm³/mol. The van der Waals surface area contributed by atoms with Crippen LogP contribution in [0.3, 0.4) is 0 Å². The number of hydrogen-bond donors (Lipinski definition) is 2. The van der Waals surface area contributed by atoms with Crippen molar-refractivity contribution in [3.05, 3.63) is 11.6 Å². The third-order valence-corrected chi connectivity index (χ3v) is 4.52. The normalized spacial score (nSPS) is 17.9. The summed E-state index contributed by atoms with van der Waals surface area (Å²) in [7, 11) is 0. The standard InChI is InChI=1S/C16H30N4O/c1-4-14-17-15(5-2)20(19-14)11-7-10-16(6-3,12-21)18-13-8-9-13/h13,18,21H,4-12H2,1-3H3. The van der Waals surface area contributed by atoms with Crippen molar-refractivity contribution in [3.63, 3.8) is 0 Å². The van der Waals surface area contributed by atoms with Crippen LogP contribution in [0.2, 0.25) is 0 Å². The van der Waals surface area contributed by atoms with E-state index < -0.39 is 0 Å². The summed E-state index contributed by atoms with van der Waals surface area (Å²) in [5, 5.41) is 18.0. The van der Waals surface area contributed by atoms with Crippen LogP contribution in [0.15, 0.2) is 0 Å². The molecule has 0 saturated heterocycles. The number of aliphatic hydroxyl groups is 1. The van der Waals surface area contributed by atoms with E-state index in [4.69, 9.17) is 0 Å². The van der Waals surface area contributed by atoms with E-state index in [0.717, 1.165) is 50.3 Å². The third kappa shape index (κ3) is 4.27. The second-order valence-electron chi connectivity index (χ2n) is 6.19. The Hall–Kier alpha value is -0.940. The molecule has 0 aliphatic heterocycles. The molecule has 0 radical (unpaired) electrons. The summed E-state index contributed by atoms with van der Waals surface area (Å²) in [6, 6.07) is 0.626. The zero-order chi connectivity index (χ0) is 15.3. The first kappa shape index (κ1) is 16.4. The monoisotopic (exact) mass is 294 g/mol. The van der Waals surface area contributed by atoms with Crippen LogP contribution < -0.4 is 5.32 Å². The van der Waals surface area contributed by atoms with Gasteiger partial charge in [0.1, 0.15) is 5.82 Å². The van der Waals surface area contributed by atoms with Crippen LogP contribution in [0.25, 0.3) is 0 Å². The summed E-state index contributed by atoms with van der Waals surface area (Å²) in [6.07, 6.45) is 7.30. The molecule has 0 spiro atoms. The number of aryl methyl sites for hydroxylation is 3. The number of aliphatic hydroxyl groups excluding tert-OH is 1. The van der Waals surface area contributed by atoms with Crippen molar-refractivity contribution >= 4 is 0 Å². The molecule has 5 nitrogen and oxygen atoms in total. The lowest BCUT2D eigenvalue weighted by molar-refractivity contribution is 0.140. The van der Waals surface area contributed by atoms with E-state index in [0.29, 0.717) is 6.04 Å². The zero-order valence-electron chi connectivity index (χ0n) is 13.7. The van der Waals surface area contributed by atoms with Gasteiger partial charge in [0.15, 0.2) is 5.82 Å². The Morgan fingerprint density at radius 2 is 2.05 bits per heavy atom. The van der Waals surface area contributed by atoms with Gasteiger partial charge in [-0.2, -0.15) is 5.10 Å². The Morgan fingerprint density at radius 1 is 1.29 bits per heavy atom. The van der Waals surface area contributed by atoms with Gasteiger partial charge < -0.3 is 10.4 Å². The molecule has 1 aliphatic carbocycles. The molecule has 21 heavy (non-hydrogen) atoms. The van der Waals surface area contributed by atoms with Crippen molar-refractivity contribution in [2.45, 2.75) is 83.8 Å². The SMILES string of the molecule is CCc1nc(CC)n(CCCC(CC)(CO)NC2CC2)n1. The smallest absolute Gasteiger partial charge is 0.150 e. The Kier molecular flexibility index (Phi) is 5.76. The first-order valence-electron chi connectivity index (χ1n) is 8.47. The molecule has 1 saturated carbocycles. The number of rotatable bonds is 10. The summed E-state index contributed by atoms with van der Waals surface area (Å²) in [4.78, 5) is 4.55. The first-order chi connectivity index (χ1) is 10.2. The van der Waals surface area contributed by atoms with Crippen LogP contribution in [0, 0.1) is 0 Å². The summed E-state index contributed by atoms with van der Waals surface area (Å²) in [6.45, 7) is 7.49. The summed E-state index contributed by atoms with van der Waals surface area (Å²) >= 11 is 0. The molecule has 1 unspecified atom stereocenters. The average Bonchev–Trinajstić information content (AvgIpc) is 3.23. The summed E-state index contributed by atoms with van der Waals surface area (Å²) in [5.41, 5.74) is -0.109. The molecule has 1 atom stereocenters. The van der Waals surface area contributed by atoms with Gasteiger partial charge in [-0.05, 0) is 32.1 Å². The lowest BCUT2D eigenvalue weighted by atomic mass is 9.91. The molecule has 1 aromatic heterocycles. The molecule has 0 aromatic carbocycles. The predicted octanol–water partition coefficient (Wildman–Crippen LogP) is 2.08. The van der Waals surface area contributed by atoms with Gasteiger partial charge in [0.05, 0.1) is 6.61 Å². The third-order valence-electron chi connectivity index (χ3n) is 4.52. The summed E-state index contributed by atoms with van der Waals surface area (Å²) < 4.78 is 2.05. The molecule has 5 heteroatoms. The van der Waals surface area contributed by atoms with E-state index in [1.54, 1.807) is 0 Å². The zero-order valence-corrected chi connectivity index (χ0v) is 13.7. The summed E-state index contributed by atoms with van der Waals surface area (Å²) in [5.74, 6) is 2.01. The van der Waals surface area contributed by atoms with Gasteiger partial charge in [0.2, 0.25) is 0 Å². The maximum atomic E-state index is 9.80. The molecule has 1 aromatic rings. The molecule has 2 rings (SSSR count). The minimum absolute atomic E-state index is 0.109. The highest BCUT2D eigenvalue weighted by Gasteiger charge is 2.33. The highest BCUT2D eigenvalue weighted by Crippen LogP contribution is 2.27. The van der Waals surface area contributed by atoms with Crippen LogP contribution in [-0.2, 0) is 19.4 Å². The van der Waals surface area contributed by atoms with E-state index in [2.05, 4.69) is 36.2 Å². The molecule has 120 valence electrons. The fourth-order valence-electron chi connectivity index (χ4n) is 2.83. The molecule has 1 heterocycles. The molecule has 0 amide bonds. The second kappa shape index (κ2) is 7.36.